The summed E-state index contributed by atoms with van der Waals surface area (Å²) in [6.07, 6.45) is 2.26. The van der Waals surface area contributed by atoms with E-state index in [0.717, 1.165) is 22.9 Å². The van der Waals surface area contributed by atoms with Crippen molar-refractivity contribution >= 4 is 21.8 Å². The van der Waals surface area contributed by atoms with Crippen LogP contribution >= 0.6 is 15.9 Å². The van der Waals surface area contributed by atoms with E-state index in [9.17, 15) is 4.79 Å². The summed E-state index contributed by atoms with van der Waals surface area (Å²) in [6.45, 7) is 0. The van der Waals surface area contributed by atoms with E-state index in [1.807, 2.05) is 17.0 Å². The molecule has 0 bridgehead atoms. The van der Waals surface area contributed by atoms with Gasteiger partial charge in [-0.1, -0.05) is 52.3 Å². The maximum atomic E-state index is 12.7. The van der Waals surface area contributed by atoms with E-state index in [-0.39, 0.29) is 18.1 Å². The Bertz CT molecular complexity index is 803. The van der Waals surface area contributed by atoms with Crippen LogP contribution in [0, 0.1) is 0 Å². The smallest absolute Gasteiger partial charge is 0.225 e. The van der Waals surface area contributed by atoms with E-state index in [1.165, 1.54) is 11.1 Å². The minimum Gasteiger partial charge on any atom is -0.345 e. The number of carbonyl (C=O) groups is 1. The topological polar surface area (TPSA) is 29.5 Å². The molecule has 23 heavy (non-hydrogen) atoms. The summed E-state index contributed by atoms with van der Waals surface area (Å²) in [7, 11) is 0. The Morgan fingerprint density at radius 1 is 1.13 bits per heavy atom. The predicted octanol–water partition coefficient (Wildman–Crippen LogP) is 3.92. The number of hydrogen-bond acceptors (Lipinski definition) is 2. The summed E-state index contributed by atoms with van der Waals surface area (Å²) >= 11 is 3.48. The van der Waals surface area contributed by atoms with Gasteiger partial charge in [-0.3, -0.25) is 4.79 Å². The van der Waals surface area contributed by atoms with Gasteiger partial charge in [-0.2, -0.15) is 0 Å². The fourth-order valence-corrected chi connectivity index (χ4v) is 4.74. The Morgan fingerprint density at radius 3 is 2.74 bits per heavy atom. The number of ether oxygens (including phenoxy) is 1. The predicted molar refractivity (Wildman–Crippen MR) is 89.7 cm³/mol. The van der Waals surface area contributed by atoms with Gasteiger partial charge in [0, 0.05) is 29.3 Å². The van der Waals surface area contributed by atoms with Gasteiger partial charge in [0.05, 0.1) is 12.1 Å². The van der Waals surface area contributed by atoms with Crippen LogP contribution in [0.2, 0.25) is 0 Å². The number of fused-ring (bicyclic) bond motifs is 5. The summed E-state index contributed by atoms with van der Waals surface area (Å²) in [5.41, 5.74) is 3.07. The maximum absolute atomic E-state index is 12.7. The minimum atomic E-state index is -0.583. The standard InChI is InChI=1S/C19H16BrNO2/c20-14-7-5-13(6-8-14)19-10-9-17(22)21(19)18-15-4-2-1-3-12(15)11-16(18)23-19/h1-8,16,18H,9-11H2/t16-,18+,19+/m0/s1. The van der Waals surface area contributed by atoms with Crippen molar-refractivity contribution in [2.75, 3.05) is 0 Å². The normalized spacial score (nSPS) is 31.2. The molecule has 0 aromatic heterocycles. The van der Waals surface area contributed by atoms with E-state index in [2.05, 4.69) is 52.3 Å². The molecule has 0 unspecified atom stereocenters. The lowest BCUT2D eigenvalue weighted by molar-refractivity contribution is -0.141. The number of rotatable bonds is 1. The van der Waals surface area contributed by atoms with Crippen LogP contribution < -0.4 is 0 Å². The van der Waals surface area contributed by atoms with Gasteiger partial charge >= 0.3 is 0 Å². The highest BCUT2D eigenvalue weighted by Crippen LogP contribution is 2.57. The lowest BCUT2D eigenvalue weighted by Crippen LogP contribution is -2.40. The molecule has 0 saturated carbocycles. The van der Waals surface area contributed by atoms with Crippen LogP contribution in [0.15, 0.2) is 53.0 Å². The Balaban J connectivity index is 1.65. The third-order valence-corrected chi connectivity index (χ3v) is 5.93. The number of benzene rings is 2. The summed E-state index contributed by atoms with van der Waals surface area (Å²) in [4.78, 5) is 14.7. The number of hydrogen-bond donors (Lipinski definition) is 0. The largest absolute Gasteiger partial charge is 0.345 e. The Morgan fingerprint density at radius 2 is 1.91 bits per heavy atom. The summed E-state index contributed by atoms with van der Waals surface area (Å²) < 4.78 is 7.60. The zero-order chi connectivity index (χ0) is 15.6. The molecule has 4 heteroatoms. The minimum absolute atomic E-state index is 0.0600. The van der Waals surface area contributed by atoms with Gasteiger partial charge in [0.25, 0.3) is 0 Å². The number of halogens is 1. The third kappa shape index (κ3) is 1.76. The zero-order valence-electron chi connectivity index (χ0n) is 12.5. The molecule has 3 aliphatic rings. The Kier molecular flexibility index (Phi) is 2.80. The van der Waals surface area contributed by atoms with Crippen molar-refractivity contribution in [3.05, 3.63) is 69.7 Å². The summed E-state index contributed by atoms with van der Waals surface area (Å²) in [5.74, 6) is 0.206. The molecule has 3 nitrogen and oxygen atoms in total. The van der Waals surface area contributed by atoms with E-state index < -0.39 is 5.72 Å². The first-order valence-electron chi connectivity index (χ1n) is 8.03. The van der Waals surface area contributed by atoms with Crippen LogP contribution in [0.5, 0.6) is 0 Å². The fourth-order valence-electron chi connectivity index (χ4n) is 4.48. The molecule has 2 aromatic rings. The van der Waals surface area contributed by atoms with Gasteiger partial charge in [0.2, 0.25) is 5.91 Å². The molecule has 2 saturated heterocycles. The van der Waals surface area contributed by atoms with Crippen molar-refractivity contribution in [2.45, 2.75) is 37.1 Å². The van der Waals surface area contributed by atoms with Gasteiger partial charge in [-0.25, -0.2) is 0 Å². The first-order valence-corrected chi connectivity index (χ1v) is 8.82. The van der Waals surface area contributed by atoms with E-state index in [0.29, 0.717) is 6.42 Å². The molecular formula is C19H16BrNO2. The van der Waals surface area contributed by atoms with Crippen molar-refractivity contribution in [1.29, 1.82) is 0 Å². The molecule has 2 fully saturated rings. The highest BCUT2D eigenvalue weighted by atomic mass is 79.9. The number of amides is 1. The second kappa shape index (κ2) is 4.68. The summed E-state index contributed by atoms with van der Waals surface area (Å²) in [6, 6.07) is 16.7. The number of carbonyl (C=O) groups excluding carboxylic acids is 1. The maximum Gasteiger partial charge on any atom is 0.225 e. The lowest BCUT2D eigenvalue weighted by Gasteiger charge is -2.34. The molecule has 1 aliphatic carbocycles. The van der Waals surface area contributed by atoms with Crippen LogP contribution in [0.25, 0.3) is 0 Å². The van der Waals surface area contributed by atoms with Crippen molar-refractivity contribution in [2.24, 2.45) is 0 Å². The molecule has 0 spiro atoms. The van der Waals surface area contributed by atoms with E-state index in [4.69, 9.17) is 4.74 Å². The zero-order valence-corrected chi connectivity index (χ0v) is 14.1. The van der Waals surface area contributed by atoms with Crippen molar-refractivity contribution in [3.8, 4) is 0 Å². The number of nitrogens with zero attached hydrogens (tertiary/aromatic N) is 1. The Hall–Kier alpha value is -1.65. The van der Waals surface area contributed by atoms with Crippen LogP contribution in [-0.2, 0) is 21.7 Å². The first-order chi connectivity index (χ1) is 11.2. The van der Waals surface area contributed by atoms with E-state index >= 15 is 0 Å². The second-order valence-electron chi connectivity index (χ2n) is 6.56. The monoisotopic (exact) mass is 369 g/mol. The fraction of sp³-hybridized carbons (Fsp3) is 0.316. The average Bonchev–Trinajstić information content (AvgIpc) is 3.16. The Labute approximate surface area is 143 Å². The quantitative estimate of drug-likeness (QED) is 0.762. The lowest BCUT2D eigenvalue weighted by atomic mass is 9.99. The first kappa shape index (κ1) is 13.8. The van der Waals surface area contributed by atoms with Gasteiger partial charge in [-0.15, -0.1) is 0 Å². The molecule has 2 aliphatic heterocycles. The molecule has 2 heterocycles. The van der Waals surface area contributed by atoms with Crippen LogP contribution in [0.4, 0.5) is 0 Å². The average molecular weight is 370 g/mol. The van der Waals surface area contributed by atoms with Crippen LogP contribution in [0.1, 0.15) is 35.6 Å². The third-order valence-electron chi connectivity index (χ3n) is 5.40. The molecule has 1 amide bonds. The molecule has 3 atom stereocenters. The van der Waals surface area contributed by atoms with Gasteiger partial charge < -0.3 is 9.64 Å². The molecule has 116 valence electrons. The SMILES string of the molecule is O=C1CC[C@]2(c3ccc(Br)cc3)O[C@H]3Cc4ccccc4[C@H]3N12. The molecular weight excluding hydrogens is 354 g/mol. The molecule has 5 rings (SSSR count). The van der Waals surface area contributed by atoms with Gasteiger partial charge in [0.15, 0.2) is 5.72 Å². The van der Waals surface area contributed by atoms with E-state index in [1.54, 1.807) is 0 Å². The van der Waals surface area contributed by atoms with Crippen molar-refractivity contribution in [1.82, 2.24) is 4.90 Å². The van der Waals surface area contributed by atoms with Crippen molar-refractivity contribution in [3.63, 3.8) is 0 Å². The highest BCUT2D eigenvalue weighted by molar-refractivity contribution is 9.10. The van der Waals surface area contributed by atoms with Crippen LogP contribution in [-0.4, -0.2) is 16.9 Å². The van der Waals surface area contributed by atoms with Crippen molar-refractivity contribution < 1.29 is 9.53 Å². The molecule has 2 aromatic carbocycles. The van der Waals surface area contributed by atoms with Gasteiger partial charge in [-0.05, 0) is 23.3 Å². The van der Waals surface area contributed by atoms with Gasteiger partial charge in [0.1, 0.15) is 0 Å². The molecule has 0 radical (unpaired) electrons. The molecule has 0 N–H and O–H groups in total. The highest BCUT2D eigenvalue weighted by Gasteiger charge is 2.61. The van der Waals surface area contributed by atoms with Crippen LogP contribution in [0.3, 0.4) is 0 Å². The summed E-state index contributed by atoms with van der Waals surface area (Å²) in [5, 5.41) is 0. The second-order valence-corrected chi connectivity index (χ2v) is 7.47.